The van der Waals surface area contributed by atoms with Crippen molar-refractivity contribution in [2.45, 2.75) is 17.7 Å². The van der Waals surface area contributed by atoms with Crippen LogP contribution in [0.15, 0.2) is 76.6 Å². The number of aromatic nitrogens is 1. The van der Waals surface area contributed by atoms with Gasteiger partial charge in [-0.25, -0.2) is 13.4 Å². The van der Waals surface area contributed by atoms with Crippen molar-refractivity contribution in [3.63, 3.8) is 0 Å². The van der Waals surface area contributed by atoms with Crippen LogP contribution in [0.5, 0.6) is 0 Å². The number of sulfone groups is 1. The highest BCUT2D eigenvalue weighted by molar-refractivity contribution is 7.90. The van der Waals surface area contributed by atoms with Crippen molar-refractivity contribution >= 4 is 9.84 Å². The Bertz CT molecular complexity index is 1000. The predicted octanol–water partition coefficient (Wildman–Crippen LogP) is 4.70. The van der Waals surface area contributed by atoms with Gasteiger partial charge in [0.25, 0.3) is 0 Å². The van der Waals surface area contributed by atoms with Gasteiger partial charge in [-0.1, -0.05) is 55.5 Å². The second kappa shape index (κ2) is 6.69. The van der Waals surface area contributed by atoms with Gasteiger partial charge in [0.05, 0.1) is 10.8 Å². The van der Waals surface area contributed by atoms with Crippen LogP contribution in [0.4, 0.5) is 0 Å². The molecule has 5 heteroatoms. The third kappa shape index (κ3) is 3.42. The summed E-state index contributed by atoms with van der Waals surface area (Å²) in [5.74, 6) is 0.879. The van der Waals surface area contributed by atoms with Crippen LogP contribution < -0.4 is 0 Å². The first-order valence-electron chi connectivity index (χ1n) is 7.90. The van der Waals surface area contributed by atoms with Crippen molar-refractivity contribution in [1.29, 1.82) is 0 Å². The Balaban J connectivity index is 2.30. The minimum atomic E-state index is -3.41. The lowest BCUT2D eigenvalue weighted by Crippen LogP contribution is -1.99. The summed E-state index contributed by atoms with van der Waals surface area (Å²) in [6, 6.07) is 16.4. The second-order valence-corrected chi connectivity index (χ2v) is 7.87. The van der Waals surface area contributed by atoms with E-state index in [9.17, 15) is 8.42 Å². The smallest absolute Gasteiger partial charge is 0.202 e. The number of hydrogen-bond acceptors (Lipinski definition) is 4. The third-order valence-corrected chi connectivity index (χ3v) is 5.12. The molecular formula is C20H19NO3S. The molecule has 0 bridgehead atoms. The Morgan fingerprint density at radius 1 is 1.08 bits per heavy atom. The van der Waals surface area contributed by atoms with E-state index in [-0.39, 0.29) is 10.8 Å². The topological polar surface area (TPSA) is 60.2 Å². The van der Waals surface area contributed by atoms with Crippen LogP contribution in [0.1, 0.15) is 18.7 Å². The lowest BCUT2D eigenvalue weighted by atomic mass is 10.1. The van der Waals surface area contributed by atoms with Crippen molar-refractivity contribution < 1.29 is 12.8 Å². The molecule has 0 amide bonds. The number of rotatable bonds is 5. The SMILES string of the molecule is C=CC(C)c1nc(-c2ccccc2)c(-c2ccccc2S(C)(=O)=O)o1. The van der Waals surface area contributed by atoms with E-state index in [4.69, 9.17) is 4.42 Å². The van der Waals surface area contributed by atoms with Gasteiger partial charge in [0.2, 0.25) is 5.89 Å². The molecule has 1 unspecified atom stereocenters. The molecule has 0 radical (unpaired) electrons. The maximum atomic E-state index is 12.2. The van der Waals surface area contributed by atoms with E-state index in [0.717, 1.165) is 5.56 Å². The van der Waals surface area contributed by atoms with Crippen molar-refractivity contribution in [2.24, 2.45) is 0 Å². The summed E-state index contributed by atoms with van der Waals surface area (Å²) in [4.78, 5) is 4.84. The highest BCUT2D eigenvalue weighted by Gasteiger charge is 2.23. The highest BCUT2D eigenvalue weighted by atomic mass is 32.2. The van der Waals surface area contributed by atoms with Gasteiger partial charge in [0.15, 0.2) is 15.6 Å². The average molecular weight is 353 g/mol. The fraction of sp³-hybridized carbons (Fsp3) is 0.150. The van der Waals surface area contributed by atoms with E-state index >= 15 is 0 Å². The molecule has 1 atom stereocenters. The third-order valence-electron chi connectivity index (χ3n) is 3.97. The Kier molecular flexibility index (Phi) is 4.59. The monoisotopic (exact) mass is 353 g/mol. The van der Waals surface area contributed by atoms with E-state index in [1.807, 2.05) is 37.3 Å². The molecule has 0 saturated heterocycles. The van der Waals surface area contributed by atoms with E-state index in [1.165, 1.54) is 6.26 Å². The number of hydrogen-bond donors (Lipinski definition) is 0. The van der Waals surface area contributed by atoms with Crippen LogP contribution in [-0.4, -0.2) is 19.7 Å². The largest absolute Gasteiger partial charge is 0.439 e. The fourth-order valence-electron chi connectivity index (χ4n) is 2.58. The number of allylic oxidation sites excluding steroid dienone is 1. The first kappa shape index (κ1) is 17.2. The van der Waals surface area contributed by atoms with Crippen molar-refractivity contribution in [1.82, 2.24) is 4.98 Å². The van der Waals surface area contributed by atoms with E-state index in [2.05, 4.69) is 11.6 Å². The molecule has 0 N–H and O–H groups in total. The highest BCUT2D eigenvalue weighted by Crippen LogP contribution is 2.37. The minimum absolute atomic E-state index is 0.0818. The number of oxazole rings is 1. The minimum Gasteiger partial charge on any atom is -0.439 e. The molecule has 25 heavy (non-hydrogen) atoms. The van der Waals surface area contributed by atoms with Crippen LogP contribution in [-0.2, 0) is 9.84 Å². The summed E-state index contributed by atoms with van der Waals surface area (Å²) in [5, 5.41) is 0. The Morgan fingerprint density at radius 2 is 1.72 bits per heavy atom. The first-order valence-corrected chi connectivity index (χ1v) is 9.79. The quantitative estimate of drug-likeness (QED) is 0.624. The number of nitrogens with zero attached hydrogens (tertiary/aromatic N) is 1. The zero-order valence-electron chi connectivity index (χ0n) is 14.1. The van der Waals surface area contributed by atoms with Crippen molar-refractivity contribution in [3.8, 4) is 22.6 Å². The molecule has 1 heterocycles. The number of benzene rings is 2. The van der Waals surface area contributed by atoms with Gasteiger partial charge in [0, 0.05) is 17.4 Å². The molecule has 2 aromatic carbocycles. The molecule has 0 aliphatic carbocycles. The second-order valence-electron chi connectivity index (χ2n) is 5.89. The van der Waals surface area contributed by atoms with Crippen LogP contribution in [0.25, 0.3) is 22.6 Å². The average Bonchev–Trinajstić information content (AvgIpc) is 3.06. The lowest BCUT2D eigenvalue weighted by Gasteiger charge is -2.07. The van der Waals surface area contributed by atoms with Gasteiger partial charge in [-0.2, -0.15) is 0 Å². The van der Waals surface area contributed by atoms with E-state index in [1.54, 1.807) is 30.3 Å². The molecule has 4 nitrogen and oxygen atoms in total. The molecule has 0 fully saturated rings. The molecule has 3 rings (SSSR count). The Labute approximate surface area is 147 Å². The molecule has 1 aromatic heterocycles. The molecule has 0 spiro atoms. The summed E-state index contributed by atoms with van der Waals surface area (Å²) >= 11 is 0. The van der Waals surface area contributed by atoms with Crippen LogP contribution in [0.2, 0.25) is 0 Å². The Morgan fingerprint density at radius 3 is 2.36 bits per heavy atom. The molecule has 128 valence electrons. The molecule has 0 saturated carbocycles. The lowest BCUT2D eigenvalue weighted by molar-refractivity contribution is 0.494. The van der Waals surface area contributed by atoms with Gasteiger partial charge in [-0.15, -0.1) is 6.58 Å². The maximum Gasteiger partial charge on any atom is 0.202 e. The van der Waals surface area contributed by atoms with Crippen molar-refractivity contribution in [3.05, 3.63) is 73.1 Å². The van der Waals surface area contributed by atoms with Crippen molar-refractivity contribution in [2.75, 3.05) is 6.26 Å². The van der Waals surface area contributed by atoms with Gasteiger partial charge < -0.3 is 4.42 Å². The summed E-state index contributed by atoms with van der Waals surface area (Å²) < 4.78 is 30.4. The first-order chi connectivity index (χ1) is 11.9. The predicted molar refractivity (Wildman–Crippen MR) is 99.1 cm³/mol. The fourth-order valence-corrected chi connectivity index (χ4v) is 3.47. The zero-order valence-corrected chi connectivity index (χ0v) is 15.0. The van der Waals surface area contributed by atoms with Gasteiger partial charge in [-0.3, -0.25) is 0 Å². The molecule has 0 aliphatic rings. The normalized spacial score (nSPS) is 12.7. The maximum absolute atomic E-state index is 12.2. The van der Waals surface area contributed by atoms with E-state index < -0.39 is 9.84 Å². The van der Waals surface area contributed by atoms with Gasteiger partial charge in [0.1, 0.15) is 5.69 Å². The van der Waals surface area contributed by atoms with Gasteiger partial charge >= 0.3 is 0 Å². The van der Waals surface area contributed by atoms with Gasteiger partial charge in [-0.05, 0) is 12.1 Å². The molecule has 3 aromatic rings. The van der Waals surface area contributed by atoms with Crippen LogP contribution >= 0.6 is 0 Å². The Hall–Kier alpha value is -2.66. The zero-order chi connectivity index (χ0) is 18.0. The molecular weight excluding hydrogens is 334 g/mol. The summed E-state index contributed by atoms with van der Waals surface area (Å²) in [6.07, 6.45) is 2.94. The summed E-state index contributed by atoms with van der Waals surface area (Å²) in [5.41, 5.74) is 2.01. The van der Waals surface area contributed by atoms with Crippen LogP contribution in [0.3, 0.4) is 0 Å². The van der Waals surface area contributed by atoms with Crippen LogP contribution in [0, 0.1) is 0 Å². The summed E-state index contributed by atoms with van der Waals surface area (Å²) in [7, 11) is -3.41. The molecule has 0 aliphatic heterocycles. The standard InChI is InChI=1S/C20H19NO3S/c1-4-14(2)20-21-18(15-10-6-5-7-11-15)19(24-20)16-12-8-9-13-17(16)25(3,22)23/h4-14H,1H2,2-3H3. The van der Waals surface area contributed by atoms with E-state index in [0.29, 0.717) is 22.9 Å². The summed E-state index contributed by atoms with van der Waals surface area (Å²) in [6.45, 7) is 5.71.